The predicted octanol–water partition coefficient (Wildman–Crippen LogP) is 6.97. The van der Waals surface area contributed by atoms with Gasteiger partial charge in [-0.1, -0.05) is 80.0 Å². The third-order valence-corrected chi connectivity index (χ3v) is 7.51. The van der Waals surface area contributed by atoms with Gasteiger partial charge >= 0.3 is 6.18 Å². The number of amides is 1. The van der Waals surface area contributed by atoms with Crippen LogP contribution in [0.25, 0.3) is 0 Å². The van der Waals surface area contributed by atoms with E-state index >= 15 is 0 Å². The predicted molar refractivity (Wildman–Crippen MR) is 163 cm³/mol. The molecule has 0 aromatic heterocycles. The van der Waals surface area contributed by atoms with Crippen molar-refractivity contribution >= 4 is 34.9 Å². The first-order valence-corrected chi connectivity index (χ1v) is 14.7. The molecule has 1 N–H and O–H groups in total. The monoisotopic (exact) mass is 645 g/mol. The number of alkyl halides is 3. The summed E-state index contributed by atoms with van der Waals surface area (Å²) < 4.78 is 51.0. The molecule has 0 saturated heterocycles. The topological polar surface area (TPSA) is 98.8 Å². The summed E-state index contributed by atoms with van der Waals surface area (Å²) in [5.74, 6) is -7.01. The van der Waals surface area contributed by atoms with E-state index in [4.69, 9.17) is 21.1 Å². The fraction of sp³-hybridized carbons (Fsp3) is 0.353. The van der Waals surface area contributed by atoms with Crippen molar-refractivity contribution in [3.63, 3.8) is 0 Å². The molecule has 1 amide bonds. The van der Waals surface area contributed by atoms with Crippen LogP contribution in [0, 0.1) is 17.8 Å². The maximum absolute atomic E-state index is 13.8. The standard InChI is InChI=1S/C34H35ClF3NO6/c1-21(2)28(32(42)34(36,37)38)18-30(41)31(23-12-14-27(44-3)15-13-23)39-33(43)25(20-45-19-22-8-5-4-6-9-22)17-29(40)24-10-7-11-26(35)16-24/h4-16,21,25,28,31H,17-20H2,1-3H3,(H,39,43)/t25-,28-,31-/m0/s1. The van der Waals surface area contributed by atoms with Gasteiger partial charge in [-0.3, -0.25) is 19.2 Å². The van der Waals surface area contributed by atoms with Crippen molar-refractivity contribution in [2.45, 2.75) is 45.5 Å². The number of rotatable bonds is 16. The lowest BCUT2D eigenvalue weighted by molar-refractivity contribution is -0.177. The normalized spacial score (nSPS) is 13.5. The molecule has 3 aromatic rings. The third-order valence-electron chi connectivity index (χ3n) is 7.28. The maximum atomic E-state index is 13.8. The Kier molecular flexibility index (Phi) is 12.9. The molecule has 3 rings (SSSR count). The molecule has 3 atom stereocenters. The van der Waals surface area contributed by atoms with E-state index in [0.29, 0.717) is 10.8 Å². The summed E-state index contributed by atoms with van der Waals surface area (Å²) in [6.45, 7) is 2.79. The second-order valence-corrected chi connectivity index (χ2v) is 11.4. The highest BCUT2D eigenvalue weighted by Gasteiger charge is 2.45. The summed E-state index contributed by atoms with van der Waals surface area (Å²) in [6, 6.07) is 20.0. The SMILES string of the molecule is COc1ccc([C@H](NC(=O)[C@H](COCc2ccccc2)CC(=O)c2cccc(Cl)c2)C(=O)C[C@H](C(=O)C(F)(F)F)C(C)C)cc1. The van der Waals surface area contributed by atoms with Crippen molar-refractivity contribution in [2.75, 3.05) is 13.7 Å². The van der Waals surface area contributed by atoms with E-state index < -0.39 is 59.6 Å². The number of carbonyl (C=O) groups is 4. The van der Waals surface area contributed by atoms with Gasteiger partial charge in [-0.25, -0.2) is 0 Å². The molecule has 3 aromatic carbocycles. The molecule has 0 fully saturated rings. The number of Topliss-reactive ketones (excluding diaryl/α,β-unsaturated/α-hetero) is 3. The van der Waals surface area contributed by atoms with Gasteiger partial charge in [0.05, 0.1) is 26.2 Å². The Hall–Kier alpha value is -4.02. The Balaban J connectivity index is 1.90. The first-order valence-electron chi connectivity index (χ1n) is 14.3. The average molecular weight is 646 g/mol. The molecule has 0 aliphatic carbocycles. The number of hydrogen-bond acceptors (Lipinski definition) is 6. The van der Waals surface area contributed by atoms with E-state index in [1.807, 2.05) is 30.3 Å². The number of hydrogen-bond donors (Lipinski definition) is 1. The summed E-state index contributed by atoms with van der Waals surface area (Å²) in [5.41, 5.74) is 1.37. The molecule has 0 radical (unpaired) electrons. The molecule has 0 bridgehead atoms. The van der Waals surface area contributed by atoms with E-state index in [-0.39, 0.29) is 30.8 Å². The minimum absolute atomic E-state index is 0.145. The lowest BCUT2D eigenvalue weighted by Gasteiger charge is -2.25. The van der Waals surface area contributed by atoms with Crippen LogP contribution in [0.3, 0.4) is 0 Å². The van der Waals surface area contributed by atoms with Crippen LogP contribution in [-0.4, -0.2) is 43.1 Å². The Morgan fingerprint density at radius 1 is 0.889 bits per heavy atom. The summed E-state index contributed by atoms with van der Waals surface area (Å²) in [7, 11) is 1.44. The van der Waals surface area contributed by atoms with Gasteiger partial charge in [-0.15, -0.1) is 0 Å². The van der Waals surface area contributed by atoms with Gasteiger partial charge < -0.3 is 14.8 Å². The van der Waals surface area contributed by atoms with Crippen molar-refractivity contribution < 1.29 is 41.8 Å². The van der Waals surface area contributed by atoms with Gasteiger partial charge in [0, 0.05) is 29.3 Å². The Bertz CT molecular complexity index is 1460. The quantitative estimate of drug-likeness (QED) is 0.169. The van der Waals surface area contributed by atoms with E-state index in [0.717, 1.165) is 5.56 Å². The Labute approximate surface area is 265 Å². The number of carbonyl (C=O) groups excluding carboxylic acids is 4. The maximum Gasteiger partial charge on any atom is 0.450 e. The highest BCUT2D eigenvalue weighted by molar-refractivity contribution is 6.31. The van der Waals surface area contributed by atoms with Crippen LogP contribution in [-0.2, 0) is 25.7 Å². The van der Waals surface area contributed by atoms with E-state index in [2.05, 4.69) is 5.32 Å². The number of methoxy groups -OCH3 is 1. The molecule has 0 heterocycles. The summed E-state index contributed by atoms with van der Waals surface area (Å²) in [6.07, 6.45) is -6.19. The van der Waals surface area contributed by atoms with Gasteiger partial charge in [0.25, 0.3) is 0 Å². The van der Waals surface area contributed by atoms with E-state index in [1.165, 1.54) is 51.3 Å². The van der Waals surface area contributed by atoms with Crippen LogP contribution in [0.5, 0.6) is 5.75 Å². The number of halogens is 4. The largest absolute Gasteiger partial charge is 0.497 e. The van der Waals surface area contributed by atoms with Gasteiger partial charge in [0.2, 0.25) is 11.7 Å². The minimum atomic E-state index is -5.13. The van der Waals surface area contributed by atoms with Crippen molar-refractivity contribution in [2.24, 2.45) is 17.8 Å². The van der Waals surface area contributed by atoms with Gasteiger partial charge in [0.1, 0.15) is 11.8 Å². The molecule has 240 valence electrons. The smallest absolute Gasteiger partial charge is 0.450 e. The average Bonchev–Trinajstić information content (AvgIpc) is 3.01. The van der Waals surface area contributed by atoms with Gasteiger partial charge in [0.15, 0.2) is 11.6 Å². The molecule has 7 nitrogen and oxygen atoms in total. The highest BCUT2D eigenvalue weighted by Crippen LogP contribution is 2.30. The number of ketones is 3. The van der Waals surface area contributed by atoms with Crippen LogP contribution in [0.15, 0.2) is 78.9 Å². The van der Waals surface area contributed by atoms with Crippen molar-refractivity contribution in [3.8, 4) is 5.75 Å². The highest BCUT2D eigenvalue weighted by atomic mass is 35.5. The van der Waals surface area contributed by atoms with Crippen molar-refractivity contribution in [3.05, 3.63) is 101 Å². The van der Waals surface area contributed by atoms with Crippen LogP contribution in [0.1, 0.15) is 54.2 Å². The number of benzene rings is 3. The van der Waals surface area contributed by atoms with Gasteiger partial charge in [-0.2, -0.15) is 13.2 Å². The Morgan fingerprint density at radius 3 is 2.13 bits per heavy atom. The van der Waals surface area contributed by atoms with Crippen LogP contribution >= 0.6 is 11.6 Å². The summed E-state index contributed by atoms with van der Waals surface area (Å²) >= 11 is 6.05. The minimum Gasteiger partial charge on any atom is -0.497 e. The number of ether oxygens (including phenoxy) is 2. The van der Waals surface area contributed by atoms with E-state index in [1.54, 1.807) is 18.2 Å². The molecule has 11 heteroatoms. The molecule has 0 spiro atoms. The zero-order chi connectivity index (χ0) is 33.1. The van der Waals surface area contributed by atoms with Crippen molar-refractivity contribution in [1.82, 2.24) is 5.32 Å². The zero-order valence-electron chi connectivity index (χ0n) is 25.1. The number of nitrogens with one attached hydrogen (secondary N) is 1. The van der Waals surface area contributed by atoms with Crippen LogP contribution < -0.4 is 10.1 Å². The van der Waals surface area contributed by atoms with Crippen LogP contribution in [0.2, 0.25) is 5.02 Å². The molecule has 0 aliphatic heterocycles. The lowest BCUT2D eigenvalue weighted by atomic mass is 9.84. The second kappa shape index (κ2) is 16.3. The van der Waals surface area contributed by atoms with Gasteiger partial charge in [-0.05, 0) is 41.3 Å². The fourth-order valence-electron chi connectivity index (χ4n) is 4.71. The summed E-state index contributed by atoms with van der Waals surface area (Å²) in [5, 5.41) is 2.96. The van der Waals surface area contributed by atoms with E-state index in [9.17, 15) is 32.3 Å². The molecule has 0 saturated carbocycles. The molecule has 0 unspecified atom stereocenters. The fourth-order valence-corrected chi connectivity index (χ4v) is 4.90. The molecule has 45 heavy (non-hydrogen) atoms. The zero-order valence-corrected chi connectivity index (χ0v) is 25.9. The molecular weight excluding hydrogens is 611 g/mol. The van der Waals surface area contributed by atoms with Crippen molar-refractivity contribution in [1.29, 1.82) is 0 Å². The molecule has 0 aliphatic rings. The first-order chi connectivity index (χ1) is 21.3. The lowest BCUT2D eigenvalue weighted by Crippen LogP contribution is -2.42. The second-order valence-electron chi connectivity index (χ2n) is 10.9. The summed E-state index contributed by atoms with van der Waals surface area (Å²) in [4.78, 5) is 52.7. The first kappa shape index (κ1) is 35.5. The van der Waals surface area contributed by atoms with Crippen LogP contribution in [0.4, 0.5) is 13.2 Å². The third kappa shape index (κ3) is 10.5. The Morgan fingerprint density at radius 2 is 1.56 bits per heavy atom. The molecular formula is C34H35ClF3NO6.